The molecule has 0 aliphatic heterocycles. The molecule has 1 aromatic heterocycles. The Morgan fingerprint density at radius 2 is 1.96 bits per heavy atom. The van der Waals surface area contributed by atoms with E-state index in [0.29, 0.717) is 24.6 Å². The van der Waals surface area contributed by atoms with Crippen LogP contribution in [0.15, 0.2) is 48.8 Å². The van der Waals surface area contributed by atoms with Crippen LogP contribution in [-0.2, 0) is 16.1 Å². The number of benzene rings is 1. The van der Waals surface area contributed by atoms with Crippen molar-refractivity contribution in [1.82, 2.24) is 9.88 Å². The Bertz CT molecular complexity index is 582. The van der Waals surface area contributed by atoms with E-state index in [1.807, 2.05) is 48.8 Å². The molecule has 124 valence electrons. The lowest BCUT2D eigenvalue weighted by Crippen LogP contribution is -2.27. The molecule has 0 spiro atoms. The molecule has 23 heavy (non-hydrogen) atoms. The number of carbonyl (C=O) groups excluding carboxylic acids is 1. The van der Waals surface area contributed by atoms with E-state index in [1.165, 1.54) is 0 Å². The predicted molar refractivity (Wildman–Crippen MR) is 92.7 cm³/mol. The lowest BCUT2D eigenvalue weighted by molar-refractivity contribution is -0.121. The van der Waals surface area contributed by atoms with Crippen LogP contribution in [0.1, 0.15) is 24.3 Å². The van der Waals surface area contributed by atoms with Crippen molar-refractivity contribution < 1.29 is 9.53 Å². The second-order valence-corrected chi connectivity index (χ2v) is 5.97. The van der Waals surface area contributed by atoms with Crippen LogP contribution < -0.4 is 5.32 Å². The van der Waals surface area contributed by atoms with Crippen LogP contribution in [0.4, 0.5) is 0 Å². The summed E-state index contributed by atoms with van der Waals surface area (Å²) in [7, 11) is 1.66. The molecule has 1 amide bonds. The number of rotatable bonds is 9. The van der Waals surface area contributed by atoms with Crippen LogP contribution in [0, 0.1) is 0 Å². The first-order chi connectivity index (χ1) is 11.2. The maximum atomic E-state index is 12.2. The number of nitrogens with one attached hydrogen (secondary N) is 1. The number of carbonyl (C=O) groups is 1. The van der Waals surface area contributed by atoms with Crippen LogP contribution in [0.5, 0.6) is 0 Å². The number of ether oxygens (including phenoxy) is 1. The van der Waals surface area contributed by atoms with Crippen molar-refractivity contribution in [3.8, 4) is 0 Å². The molecule has 0 fully saturated rings. The molecule has 4 nitrogen and oxygen atoms in total. The van der Waals surface area contributed by atoms with E-state index in [2.05, 4.69) is 9.88 Å². The van der Waals surface area contributed by atoms with E-state index in [4.69, 9.17) is 16.3 Å². The van der Waals surface area contributed by atoms with E-state index in [0.717, 1.165) is 18.5 Å². The highest BCUT2D eigenvalue weighted by Gasteiger charge is 2.16. The Balaban J connectivity index is 1.98. The minimum Gasteiger partial charge on any atom is -0.385 e. The van der Waals surface area contributed by atoms with Gasteiger partial charge in [0.15, 0.2) is 0 Å². The standard InChI is InChI=1S/C18H23ClN2O2/c1-23-12-4-9-20-18(22)13-16(14-21-10-2-3-11-21)15-5-7-17(19)8-6-15/h2-3,5-8,10-11,16H,4,9,12-14H2,1H3,(H,20,22)/t16-/m1/s1. The number of amides is 1. The molecule has 5 heteroatoms. The molecule has 2 aromatic rings. The van der Waals surface area contributed by atoms with Gasteiger partial charge < -0.3 is 14.6 Å². The summed E-state index contributed by atoms with van der Waals surface area (Å²) in [6.45, 7) is 2.06. The van der Waals surface area contributed by atoms with Crippen LogP contribution >= 0.6 is 11.6 Å². The zero-order valence-electron chi connectivity index (χ0n) is 13.4. The minimum absolute atomic E-state index is 0.0632. The predicted octanol–water partition coefficient (Wildman–Crippen LogP) is 3.47. The lowest BCUT2D eigenvalue weighted by Gasteiger charge is -2.18. The zero-order chi connectivity index (χ0) is 16.5. The van der Waals surface area contributed by atoms with Gasteiger partial charge in [-0.25, -0.2) is 0 Å². The van der Waals surface area contributed by atoms with Gasteiger partial charge in [0.2, 0.25) is 5.91 Å². The SMILES string of the molecule is COCCCNC(=O)C[C@H](Cn1cccc1)c1ccc(Cl)cc1. The third kappa shape index (κ3) is 6.08. The molecule has 1 heterocycles. The van der Waals surface area contributed by atoms with Gasteiger partial charge in [0.05, 0.1) is 0 Å². The second kappa shape index (κ2) is 9.38. The summed E-state index contributed by atoms with van der Waals surface area (Å²) in [5.74, 6) is 0.176. The summed E-state index contributed by atoms with van der Waals surface area (Å²) in [5.41, 5.74) is 1.12. The summed E-state index contributed by atoms with van der Waals surface area (Å²) in [4.78, 5) is 12.2. The highest BCUT2D eigenvalue weighted by molar-refractivity contribution is 6.30. The van der Waals surface area contributed by atoms with Crippen molar-refractivity contribution in [3.05, 3.63) is 59.4 Å². The van der Waals surface area contributed by atoms with Gasteiger partial charge in [-0.2, -0.15) is 0 Å². The quantitative estimate of drug-likeness (QED) is 0.714. The van der Waals surface area contributed by atoms with Crippen LogP contribution in [-0.4, -0.2) is 30.7 Å². The molecule has 1 aromatic carbocycles. The third-order valence-corrected chi connectivity index (χ3v) is 3.97. The first-order valence-electron chi connectivity index (χ1n) is 7.81. The van der Waals surface area contributed by atoms with Gasteiger partial charge in [-0.05, 0) is 36.2 Å². The molecule has 0 unspecified atom stereocenters. The Hall–Kier alpha value is -1.78. The van der Waals surface area contributed by atoms with E-state index >= 15 is 0 Å². The number of hydrogen-bond donors (Lipinski definition) is 1. The van der Waals surface area contributed by atoms with Crippen molar-refractivity contribution >= 4 is 17.5 Å². The topological polar surface area (TPSA) is 43.3 Å². The van der Waals surface area contributed by atoms with E-state index < -0.39 is 0 Å². The monoisotopic (exact) mass is 334 g/mol. The fourth-order valence-electron chi connectivity index (χ4n) is 2.51. The van der Waals surface area contributed by atoms with Gasteiger partial charge in [-0.15, -0.1) is 0 Å². The molecule has 0 radical (unpaired) electrons. The number of nitrogens with zero attached hydrogens (tertiary/aromatic N) is 1. The highest BCUT2D eigenvalue weighted by Crippen LogP contribution is 2.23. The molecule has 0 saturated heterocycles. The summed E-state index contributed by atoms with van der Waals surface area (Å²) in [6, 6.07) is 11.7. The van der Waals surface area contributed by atoms with Crippen LogP contribution in [0.2, 0.25) is 5.02 Å². The molecule has 0 aliphatic carbocycles. The Morgan fingerprint density at radius 3 is 2.61 bits per heavy atom. The molecule has 0 saturated carbocycles. The van der Waals surface area contributed by atoms with Crippen LogP contribution in [0.3, 0.4) is 0 Å². The van der Waals surface area contributed by atoms with Gasteiger partial charge in [-0.3, -0.25) is 4.79 Å². The Morgan fingerprint density at radius 1 is 1.26 bits per heavy atom. The van der Waals surface area contributed by atoms with E-state index in [9.17, 15) is 4.79 Å². The first kappa shape index (κ1) is 17.6. The second-order valence-electron chi connectivity index (χ2n) is 5.53. The molecular formula is C18H23ClN2O2. The molecule has 0 aliphatic rings. The maximum Gasteiger partial charge on any atom is 0.220 e. The molecule has 0 bridgehead atoms. The summed E-state index contributed by atoms with van der Waals surface area (Å²) < 4.78 is 7.08. The van der Waals surface area contributed by atoms with Gasteiger partial charge >= 0.3 is 0 Å². The average molecular weight is 335 g/mol. The van der Waals surface area contributed by atoms with Crippen LogP contribution in [0.25, 0.3) is 0 Å². The smallest absolute Gasteiger partial charge is 0.220 e. The van der Waals surface area contributed by atoms with Crippen molar-refractivity contribution in [1.29, 1.82) is 0 Å². The van der Waals surface area contributed by atoms with E-state index in [1.54, 1.807) is 7.11 Å². The van der Waals surface area contributed by atoms with Crippen molar-refractivity contribution in [3.63, 3.8) is 0 Å². The largest absolute Gasteiger partial charge is 0.385 e. The molecular weight excluding hydrogens is 312 g/mol. The number of methoxy groups -OCH3 is 1. The molecule has 1 N–H and O–H groups in total. The van der Waals surface area contributed by atoms with E-state index in [-0.39, 0.29) is 11.8 Å². The normalized spacial score (nSPS) is 12.1. The fraction of sp³-hybridized carbons (Fsp3) is 0.389. The number of halogens is 1. The van der Waals surface area contributed by atoms with Crippen molar-refractivity contribution in [2.45, 2.75) is 25.3 Å². The summed E-state index contributed by atoms with van der Waals surface area (Å²) in [6.07, 6.45) is 5.30. The first-order valence-corrected chi connectivity index (χ1v) is 8.18. The van der Waals surface area contributed by atoms with Gasteiger partial charge in [0.1, 0.15) is 0 Å². The van der Waals surface area contributed by atoms with Crippen molar-refractivity contribution in [2.75, 3.05) is 20.3 Å². The zero-order valence-corrected chi connectivity index (χ0v) is 14.1. The van der Waals surface area contributed by atoms with Gasteiger partial charge in [0.25, 0.3) is 0 Å². The highest BCUT2D eigenvalue weighted by atomic mass is 35.5. The third-order valence-electron chi connectivity index (χ3n) is 3.72. The number of aromatic nitrogens is 1. The average Bonchev–Trinajstić information content (AvgIpc) is 3.05. The van der Waals surface area contributed by atoms with Crippen molar-refractivity contribution in [2.24, 2.45) is 0 Å². The molecule has 1 atom stereocenters. The maximum absolute atomic E-state index is 12.2. The fourth-order valence-corrected chi connectivity index (χ4v) is 2.64. The van der Waals surface area contributed by atoms with Gasteiger partial charge in [-0.1, -0.05) is 23.7 Å². The Labute approximate surface area is 142 Å². The summed E-state index contributed by atoms with van der Waals surface area (Å²) in [5, 5.41) is 3.66. The number of hydrogen-bond acceptors (Lipinski definition) is 2. The summed E-state index contributed by atoms with van der Waals surface area (Å²) >= 11 is 5.97. The minimum atomic E-state index is 0.0632. The van der Waals surface area contributed by atoms with Gasteiger partial charge in [0, 0.05) is 56.6 Å². The Kier molecular flexibility index (Phi) is 7.17. The lowest BCUT2D eigenvalue weighted by atomic mass is 9.95. The molecule has 2 rings (SSSR count).